The van der Waals surface area contributed by atoms with Crippen molar-refractivity contribution in [1.29, 1.82) is 0 Å². The van der Waals surface area contributed by atoms with Crippen molar-refractivity contribution in [3.63, 3.8) is 0 Å². The van der Waals surface area contributed by atoms with E-state index in [1.807, 2.05) is 0 Å². The molecule has 7 nitrogen and oxygen atoms in total. The van der Waals surface area contributed by atoms with E-state index in [2.05, 4.69) is 6.92 Å². The maximum atomic E-state index is 11.7. The number of unbranched alkanes of at least 4 members (excludes halogenated alkanes) is 12. The van der Waals surface area contributed by atoms with Gasteiger partial charge in [0.1, 0.15) is 31.0 Å². The molecule has 0 spiro atoms. The third-order valence-corrected chi connectivity index (χ3v) is 5.38. The van der Waals surface area contributed by atoms with E-state index >= 15 is 0 Å². The first-order chi connectivity index (χ1) is 14.3. The normalized spacial score (nSPS) is 15.4. The van der Waals surface area contributed by atoms with Crippen LogP contribution in [0.4, 0.5) is 0 Å². The van der Waals surface area contributed by atoms with Gasteiger partial charge in [-0.05, 0) is 13.3 Å². The van der Waals surface area contributed by atoms with Crippen molar-refractivity contribution in [3.05, 3.63) is 0 Å². The molecule has 0 amide bonds. The second-order valence-corrected chi connectivity index (χ2v) is 8.28. The van der Waals surface area contributed by atoms with Crippen molar-refractivity contribution in [1.82, 2.24) is 0 Å². The number of rotatable bonds is 20. The molecule has 0 aromatic carbocycles. The Kier molecular flexibility index (Phi) is 18.1. The molecular formula is C23H44O7. The van der Waals surface area contributed by atoms with E-state index < -0.39 is 42.8 Å². The number of ether oxygens (including phenoxy) is 1. The summed E-state index contributed by atoms with van der Waals surface area (Å²) in [7, 11) is 0. The van der Waals surface area contributed by atoms with Gasteiger partial charge in [0.2, 0.25) is 0 Å². The minimum atomic E-state index is -1.84. The summed E-state index contributed by atoms with van der Waals surface area (Å²) in [4.78, 5) is 22.7. The smallest absolute Gasteiger partial charge is 0.305 e. The summed E-state index contributed by atoms with van der Waals surface area (Å²) in [5.41, 5.74) is 0. The number of hydrogen-bond acceptors (Lipinski definition) is 7. The van der Waals surface area contributed by atoms with Crippen LogP contribution in [0.3, 0.4) is 0 Å². The van der Waals surface area contributed by atoms with Crippen LogP contribution in [-0.4, -0.2) is 63.2 Å². The maximum Gasteiger partial charge on any atom is 0.305 e. The van der Waals surface area contributed by atoms with E-state index in [0.717, 1.165) is 19.8 Å². The van der Waals surface area contributed by atoms with E-state index in [0.29, 0.717) is 6.42 Å². The van der Waals surface area contributed by atoms with Crippen LogP contribution in [0.1, 0.15) is 104 Å². The lowest BCUT2D eigenvalue weighted by Gasteiger charge is -2.25. The fraction of sp³-hybridized carbons (Fsp3) is 0.913. The van der Waals surface area contributed by atoms with Crippen molar-refractivity contribution in [2.24, 2.45) is 0 Å². The van der Waals surface area contributed by atoms with Crippen LogP contribution in [0.5, 0.6) is 0 Å². The molecule has 0 aliphatic carbocycles. The molecular weight excluding hydrogens is 388 g/mol. The zero-order chi connectivity index (χ0) is 22.8. The molecule has 0 aliphatic rings. The molecule has 0 heterocycles. The molecule has 4 atom stereocenters. The van der Waals surface area contributed by atoms with Crippen molar-refractivity contribution >= 4 is 11.8 Å². The van der Waals surface area contributed by atoms with Gasteiger partial charge in [0.15, 0.2) is 5.78 Å². The molecule has 0 unspecified atom stereocenters. The topological polar surface area (TPSA) is 124 Å². The molecule has 178 valence electrons. The highest BCUT2D eigenvalue weighted by Gasteiger charge is 2.33. The molecule has 0 aromatic heterocycles. The molecule has 7 heteroatoms. The fourth-order valence-electron chi connectivity index (χ4n) is 3.29. The summed E-state index contributed by atoms with van der Waals surface area (Å²) in [6.45, 7) is 2.79. The number of carbonyl (C=O) groups is 2. The third kappa shape index (κ3) is 14.9. The molecule has 0 fully saturated rings. The first-order valence-electron chi connectivity index (χ1n) is 11.7. The van der Waals surface area contributed by atoms with Gasteiger partial charge < -0.3 is 25.2 Å². The Bertz CT molecular complexity index is 441. The van der Waals surface area contributed by atoms with Crippen LogP contribution in [-0.2, 0) is 14.3 Å². The SMILES string of the molecule is CCCCCCCCCCCCCCCC(=O)OC[C@@H](O)[C@@H](O)[C@H](O)[C@@H](O)C(C)=O. The van der Waals surface area contributed by atoms with E-state index in [4.69, 9.17) is 4.74 Å². The summed E-state index contributed by atoms with van der Waals surface area (Å²) >= 11 is 0. The number of hydrogen-bond donors (Lipinski definition) is 4. The van der Waals surface area contributed by atoms with Crippen LogP contribution < -0.4 is 0 Å². The molecule has 0 saturated carbocycles. The zero-order valence-electron chi connectivity index (χ0n) is 18.9. The Morgan fingerprint density at radius 2 is 1.13 bits per heavy atom. The van der Waals surface area contributed by atoms with Gasteiger partial charge in [-0.3, -0.25) is 9.59 Å². The van der Waals surface area contributed by atoms with Gasteiger partial charge in [0.25, 0.3) is 0 Å². The summed E-state index contributed by atoms with van der Waals surface area (Å²) in [6.07, 6.45) is 9.03. The molecule has 0 saturated heterocycles. The van der Waals surface area contributed by atoms with Crippen LogP contribution >= 0.6 is 0 Å². The Labute approximate surface area is 181 Å². The second-order valence-electron chi connectivity index (χ2n) is 8.28. The van der Waals surface area contributed by atoms with Crippen LogP contribution in [0, 0.1) is 0 Å². The van der Waals surface area contributed by atoms with Crippen LogP contribution in [0.15, 0.2) is 0 Å². The van der Waals surface area contributed by atoms with Gasteiger partial charge in [-0.25, -0.2) is 0 Å². The molecule has 0 bridgehead atoms. The highest BCUT2D eigenvalue weighted by molar-refractivity contribution is 5.80. The number of aliphatic hydroxyl groups is 4. The predicted molar refractivity (Wildman–Crippen MR) is 116 cm³/mol. The molecule has 0 radical (unpaired) electrons. The third-order valence-electron chi connectivity index (χ3n) is 5.38. The van der Waals surface area contributed by atoms with Gasteiger partial charge >= 0.3 is 5.97 Å². The van der Waals surface area contributed by atoms with Crippen molar-refractivity contribution < 1.29 is 34.8 Å². The monoisotopic (exact) mass is 432 g/mol. The molecule has 4 N–H and O–H groups in total. The summed E-state index contributed by atoms with van der Waals surface area (Å²) < 4.78 is 4.90. The zero-order valence-corrected chi connectivity index (χ0v) is 18.9. The Hall–Kier alpha value is -1.02. The van der Waals surface area contributed by atoms with Crippen molar-refractivity contribution in [2.45, 2.75) is 128 Å². The lowest BCUT2D eigenvalue weighted by Crippen LogP contribution is -2.48. The first kappa shape index (κ1) is 29.0. The lowest BCUT2D eigenvalue weighted by molar-refractivity contribution is -0.158. The van der Waals surface area contributed by atoms with Gasteiger partial charge in [-0.1, -0.05) is 84.0 Å². The van der Waals surface area contributed by atoms with Crippen molar-refractivity contribution in [2.75, 3.05) is 6.61 Å². The van der Waals surface area contributed by atoms with Crippen LogP contribution in [0.2, 0.25) is 0 Å². The maximum absolute atomic E-state index is 11.7. The van der Waals surface area contributed by atoms with Gasteiger partial charge in [-0.15, -0.1) is 0 Å². The van der Waals surface area contributed by atoms with Crippen molar-refractivity contribution in [3.8, 4) is 0 Å². The van der Waals surface area contributed by atoms with Gasteiger partial charge in [0.05, 0.1) is 0 Å². The number of Topliss-reactive ketones (excluding diaryl/α,β-unsaturated/α-hetero) is 1. The number of aliphatic hydroxyl groups excluding tert-OH is 4. The largest absolute Gasteiger partial charge is 0.463 e. The van der Waals surface area contributed by atoms with Crippen LogP contribution in [0.25, 0.3) is 0 Å². The lowest BCUT2D eigenvalue weighted by atomic mass is 10.0. The van der Waals surface area contributed by atoms with E-state index in [1.54, 1.807) is 0 Å². The van der Waals surface area contributed by atoms with Gasteiger partial charge in [0, 0.05) is 6.42 Å². The van der Waals surface area contributed by atoms with E-state index in [-0.39, 0.29) is 6.42 Å². The molecule has 0 aliphatic heterocycles. The summed E-state index contributed by atoms with van der Waals surface area (Å²) in [5, 5.41) is 38.5. The predicted octanol–water partition coefficient (Wildman–Crippen LogP) is 3.04. The highest BCUT2D eigenvalue weighted by Crippen LogP contribution is 2.13. The second kappa shape index (κ2) is 18.7. The molecule has 0 rings (SSSR count). The standard InChI is InChI=1S/C23H44O7/c1-3-4-5-6-7-8-9-10-11-12-13-14-15-16-20(26)30-17-19(25)22(28)23(29)21(27)18(2)24/h19,21-23,25,27-29H,3-17H2,1-2H3/t19-,21+,22-,23-/m1/s1. The Balaban J connectivity index is 3.60. The minimum Gasteiger partial charge on any atom is -0.463 e. The number of carbonyl (C=O) groups excluding carboxylic acids is 2. The first-order valence-corrected chi connectivity index (χ1v) is 11.7. The molecule has 0 aromatic rings. The average Bonchev–Trinajstić information content (AvgIpc) is 2.73. The average molecular weight is 433 g/mol. The summed E-state index contributed by atoms with van der Waals surface area (Å²) in [6, 6.07) is 0. The van der Waals surface area contributed by atoms with E-state index in [9.17, 15) is 30.0 Å². The molecule has 30 heavy (non-hydrogen) atoms. The van der Waals surface area contributed by atoms with Gasteiger partial charge in [-0.2, -0.15) is 0 Å². The van der Waals surface area contributed by atoms with E-state index in [1.165, 1.54) is 64.2 Å². The summed E-state index contributed by atoms with van der Waals surface area (Å²) in [5.74, 6) is -1.21. The quantitative estimate of drug-likeness (QED) is 0.172. The fourth-order valence-corrected chi connectivity index (χ4v) is 3.29. The Morgan fingerprint density at radius 1 is 0.700 bits per heavy atom. The highest BCUT2D eigenvalue weighted by atomic mass is 16.5. The minimum absolute atomic E-state index is 0.235. The number of esters is 1. The number of ketones is 1. The Morgan fingerprint density at radius 3 is 1.57 bits per heavy atom.